The summed E-state index contributed by atoms with van der Waals surface area (Å²) in [5.74, 6) is -0.235. The molecule has 5 nitrogen and oxygen atoms in total. The van der Waals surface area contributed by atoms with Gasteiger partial charge in [-0.25, -0.2) is 9.97 Å². The fourth-order valence-corrected chi connectivity index (χ4v) is 1.52. The number of amides is 1. The van der Waals surface area contributed by atoms with Crippen molar-refractivity contribution in [3.63, 3.8) is 0 Å². The molecule has 0 fully saturated rings. The third-order valence-electron chi connectivity index (χ3n) is 2.31. The maximum Gasteiger partial charge on any atom is 0.273 e. The van der Waals surface area contributed by atoms with E-state index in [2.05, 4.69) is 15.3 Å². The summed E-state index contributed by atoms with van der Waals surface area (Å²) < 4.78 is 0. The molecule has 0 unspecified atom stereocenters. The highest BCUT2D eigenvalue weighted by Crippen LogP contribution is 2.09. The average Bonchev–Trinajstić information content (AvgIpc) is 2.38. The van der Waals surface area contributed by atoms with Crippen LogP contribution in [0.15, 0.2) is 36.7 Å². The SMILES string of the molecule is Nc1nccnc1C(=O)NCc1ccc(Cl)cc1. The predicted molar refractivity (Wildman–Crippen MR) is 69.1 cm³/mol. The Labute approximate surface area is 109 Å². The van der Waals surface area contributed by atoms with Gasteiger partial charge in [-0.05, 0) is 17.7 Å². The molecule has 0 aliphatic heterocycles. The van der Waals surface area contributed by atoms with Crippen molar-refractivity contribution < 1.29 is 4.79 Å². The molecule has 0 aliphatic rings. The highest BCUT2D eigenvalue weighted by atomic mass is 35.5. The monoisotopic (exact) mass is 262 g/mol. The molecule has 0 saturated carbocycles. The summed E-state index contributed by atoms with van der Waals surface area (Å²) >= 11 is 5.77. The zero-order valence-electron chi connectivity index (χ0n) is 9.43. The lowest BCUT2D eigenvalue weighted by Crippen LogP contribution is -2.25. The van der Waals surface area contributed by atoms with Gasteiger partial charge in [-0.15, -0.1) is 0 Å². The molecule has 1 heterocycles. The molecule has 1 amide bonds. The minimum absolute atomic E-state index is 0.117. The van der Waals surface area contributed by atoms with E-state index in [9.17, 15) is 4.79 Å². The minimum atomic E-state index is -0.351. The van der Waals surface area contributed by atoms with Gasteiger partial charge >= 0.3 is 0 Å². The van der Waals surface area contributed by atoms with Crippen LogP contribution in [0.4, 0.5) is 5.82 Å². The molecule has 0 radical (unpaired) electrons. The highest BCUT2D eigenvalue weighted by molar-refractivity contribution is 6.30. The second-order valence-corrected chi connectivity index (χ2v) is 4.04. The van der Waals surface area contributed by atoms with Crippen LogP contribution in [-0.2, 0) is 6.54 Å². The first-order chi connectivity index (χ1) is 8.66. The molecule has 0 spiro atoms. The van der Waals surface area contributed by atoms with Crippen molar-refractivity contribution in [2.75, 3.05) is 5.73 Å². The number of nitrogens with one attached hydrogen (secondary N) is 1. The van der Waals surface area contributed by atoms with Crippen LogP contribution in [0.2, 0.25) is 5.02 Å². The first-order valence-electron chi connectivity index (χ1n) is 5.26. The topological polar surface area (TPSA) is 80.9 Å². The number of hydrogen-bond acceptors (Lipinski definition) is 4. The lowest BCUT2D eigenvalue weighted by Gasteiger charge is -2.06. The molecule has 6 heteroatoms. The van der Waals surface area contributed by atoms with Crippen molar-refractivity contribution in [1.29, 1.82) is 0 Å². The molecule has 92 valence electrons. The van der Waals surface area contributed by atoms with Crippen molar-refractivity contribution >= 4 is 23.3 Å². The molecular formula is C12H11ClN4O. The summed E-state index contributed by atoms with van der Waals surface area (Å²) in [5.41, 5.74) is 6.63. The van der Waals surface area contributed by atoms with E-state index >= 15 is 0 Å². The number of carbonyl (C=O) groups excluding carboxylic acids is 1. The summed E-state index contributed by atoms with van der Waals surface area (Å²) in [7, 11) is 0. The number of carbonyl (C=O) groups is 1. The van der Waals surface area contributed by atoms with Gasteiger partial charge in [-0.2, -0.15) is 0 Å². The van der Waals surface area contributed by atoms with Crippen molar-refractivity contribution in [1.82, 2.24) is 15.3 Å². The smallest absolute Gasteiger partial charge is 0.273 e. The average molecular weight is 263 g/mol. The fourth-order valence-electron chi connectivity index (χ4n) is 1.39. The quantitative estimate of drug-likeness (QED) is 0.881. The van der Waals surface area contributed by atoms with Gasteiger partial charge in [-0.3, -0.25) is 4.79 Å². The van der Waals surface area contributed by atoms with Crippen molar-refractivity contribution in [3.8, 4) is 0 Å². The van der Waals surface area contributed by atoms with Gasteiger partial charge in [0.25, 0.3) is 5.91 Å². The van der Waals surface area contributed by atoms with Gasteiger partial charge in [-0.1, -0.05) is 23.7 Å². The van der Waals surface area contributed by atoms with Crippen LogP contribution in [0.5, 0.6) is 0 Å². The number of aromatic nitrogens is 2. The molecule has 1 aromatic heterocycles. The Morgan fingerprint density at radius 1 is 1.22 bits per heavy atom. The second-order valence-electron chi connectivity index (χ2n) is 3.60. The van der Waals surface area contributed by atoms with E-state index in [4.69, 9.17) is 17.3 Å². The third-order valence-corrected chi connectivity index (χ3v) is 2.56. The number of nitrogens with zero attached hydrogens (tertiary/aromatic N) is 2. The van der Waals surface area contributed by atoms with E-state index < -0.39 is 0 Å². The van der Waals surface area contributed by atoms with Gasteiger partial charge < -0.3 is 11.1 Å². The molecule has 0 aliphatic carbocycles. The fraction of sp³-hybridized carbons (Fsp3) is 0.0833. The first-order valence-corrected chi connectivity index (χ1v) is 5.64. The van der Waals surface area contributed by atoms with Crippen LogP contribution >= 0.6 is 11.6 Å². The van der Waals surface area contributed by atoms with E-state index in [1.54, 1.807) is 12.1 Å². The van der Waals surface area contributed by atoms with Crippen molar-refractivity contribution in [2.45, 2.75) is 6.54 Å². The van der Waals surface area contributed by atoms with E-state index in [0.29, 0.717) is 11.6 Å². The largest absolute Gasteiger partial charge is 0.382 e. The van der Waals surface area contributed by atoms with E-state index in [0.717, 1.165) is 5.56 Å². The summed E-state index contributed by atoms with van der Waals surface area (Å²) in [6, 6.07) is 7.20. The predicted octanol–water partition coefficient (Wildman–Crippen LogP) is 1.64. The van der Waals surface area contributed by atoms with Gasteiger partial charge in [0.15, 0.2) is 11.5 Å². The lowest BCUT2D eigenvalue weighted by atomic mass is 10.2. The number of rotatable bonds is 3. The highest BCUT2D eigenvalue weighted by Gasteiger charge is 2.11. The Morgan fingerprint density at radius 2 is 1.89 bits per heavy atom. The van der Waals surface area contributed by atoms with Gasteiger partial charge in [0.05, 0.1) is 0 Å². The molecule has 0 bridgehead atoms. The Hall–Kier alpha value is -2.14. The van der Waals surface area contributed by atoms with Crippen LogP contribution in [0, 0.1) is 0 Å². The summed E-state index contributed by atoms with van der Waals surface area (Å²) in [6.07, 6.45) is 2.86. The van der Waals surface area contributed by atoms with Crippen LogP contribution in [0.3, 0.4) is 0 Å². The van der Waals surface area contributed by atoms with Gasteiger partial charge in [0.1, 0.15) is 0 Å². The summed E-state index contributed by atoms with van der Waals surface area (Å²) in [5, 5.41) is 3.37. The normalized spacial score (nSPS) is 10.1. The van der Waals surface area contributed by atoms with Crippen LogP contribution in [0.25, 0.3) is 0 Å². The minimum Gasteiger partial charge on any atom is -0.382 e. The van der Waals surface area contributed by atoms with Crippen LogP contribution in [-0.4, -0.2) is 15.9 Å². The number of nitrogens with two attached hydrogens (primary N) is 1. The summed E-state index contributed by atoms with van der Waals surface area (Å²) in [6.45, 7) is 0.381. The van der Waals surface area contributed by atoms with Gasteiger partial charge in [0.2, 0.25) is 0 Å². The van der Waals surface area contributed by atoms with Crippen LogP contribution < -0.4 is 11.1 Å². The maximum atomic E-state index is 11.8. The molecule has 2 aromatic rings. The third kappa shape index (κ3) is 2.95. The molecule has 18 heavy (non-hydrogen) atoms. The van der Waals surface area contributed by atoms with Crippen molar-refractivity contribution in [3.05, 3.63) is 52.9 Å². The molecule has 0 saturated heterocycles. The number of benzene rings is 1. The van der Waals surface area contributed by atoms with E-state index in [-0.39, 0.29) is 17.4 Å². The van der Waals surface area contributed by atoms with Crippen molar-refractivity contribution in [2.24, 2.45) is 0 Å². The zero-order valence-corrected chi connectivity index (χ0v) is 10.2. The maximum absolute atomic E-state index is 11.8. The Kier molecular flexibility index (Phi) is 3.74. The Bertz CT molecular complexity index is 556. The molecule has 3 N–H and O–H groups in total. The number of anilines is 1. The Morgan fingerprint density at radius 3 is 2.56 bits per heavy atom. The molecular weight excluding hydrogens is 252 g/mol. The Balaban J connectivity index is 2.01. The van der Waals surface area contributed by atoms with Crippen LogP contribution in [0.1, 0.15) is 16.1 Å². The molecule has 1 aromatic carbocycles. The summed E-state index contributed by atoms with van der Waals surface area (Å²) in [4.78, 5) is 19.5. The first kappa shape index (κ1) is 12.3. The number of nitrogen functional groups attached to an aromatic ring is 1. The zero-order chi connectivity index (χ0) is 13.0. The number of hydrogen-bond donors (Lipinski definition) is 2. The number of halogens is 1. The van der Waals surface area contributed by atoms with E-state index in [1.807, 2.05) is 12.1 Å². The lowest BCUT2D eigenvalue weighted by molar-refractivity contribution is 0.0946. The molecule has 2 rings (SSSR count). The molecule has 0 atom stereocenters. The second kappa shape index (κ2) is 5.46. The van der Waals surface area contributed by atoms with Gasteiger partial charge in [0, 0.05) is 24.0 Å². The van der Waals surface area contributed by atoms with E-state index in [1.165, 1.54) is 12.4 Å². The standard InChI is InChI=1S/C12H11ClN4O/c13-9-3-1-8(2-4-9)7-17-12(18)10-11(14)16-6-5-15-10/h1-6H,7H2,(H2,14,16)(H,17,18).